The summed E-state index contributed by atoms with van der Waals surface area (Å²) in [6.07, 6.45) is 11.1. The van der Waals surface area contributed by atoms with Crippen molar-refractivity contribution in [3.8, 4) is 0 Å². The van der Waals surface area contributed by atoms with Gasteiger partial charge in [-0.15, -0.1) is 0 Å². The second-order valence-electron chi connectivity index (χ2n) is 8.73. The zero-order valence-corrected chi connectivity index (χ0v) is 18.6. The third-order valence-electron chi connectivity index (χ3n) is 5.35. The number of rotatable bonds is 4. The Labute approximate surface area is 166 Å². The lowest BCUT2D eigenvalue weighted by Gasteiger charge is -2.21. The lowest BCUT2D eigenvalue weighted by atomic mass is 9.87. The van der Waals surface area contributed by atoms with Crippen molar-refractivity contribution in [1.82, 2.24) is 15.3 Å². The fourth-order valence-corrected chi connectivity index (χ4v) is 2.81. The van der Waals surface area contributed by atoms with E-state index in [0.717, 1.165) is 36.3 Å². The molecule has 1 saturated heterocycles. The molecule has 1 aromatic heterocycles. The third-order valence-corrected chi connectivity index (χ3v) is 5.35. The summed E-state index contributed by atoms with van der Waals surface area (Å²) in [6.45, 7) is 15.3. The van der Waals surface area contributed by atoms with Gasteiger partial charge in [-0.25, -0.2) is 0 Å². The maximum Gasteiger partial charge on any atom is 0.0842 e. The molecule has 0 aliphatic carbocycles. The Morgan fingerprint density at radius 1 is 1.22 bits per heavy atom. The van der Waals surface area contributed by atoms with E-state index >= 15 is 0 Å². The number of aliphatic hydroxyl groups is 1. The normalized spacial score (nSPS) is 21.3. The fraction of sp³-hybridized carbons (Fsp3) is 0.739. The maximum absolute atomic E-state index is 9.45. The number of nitrogens with one attached hydrogen (secondary N) is 1. The van der Waals surface area contributed by atoms with E-state index in [1.54, 1.807) is 0 Å². The van der Waals surface area contributed by atoms with E-state index in [9.17, 15) is 5.11 Å². The Kier molecular flexibility index (Phi) is 10.2. The van der Waals surface area contributed by atoms with Gasteiger partial charge in [0.1, 0.15) is 0 Å². The molecule has 1 aliphatic rings. The third kappa shape index (κ3) is 8.10. The van der Waals surface area contributed by atoms with Crippen LogP contribution >= 0.6 is 0 Å². The van der Waals surface area contributed by atoms with Crippen LogP contribution in [0.5, 0.6) is 0 Å². The van der Waals surface area contributed by atoms with Crippen molar-refractivity contribution >= 4 is 6.08 Å². The first-order chi connectivity index (χ1) is 12.7. The molecular weight excluding hydrogens is 334 g/mol. The summed E-state index contributed by atoms with van der Waals surface area (Å²) in [7, 11) is 0. The van der Waals surface area contributed by atoms with Crippen molar-refractivity contribution in [2.24, 2.45) is 5.41 Å². The molecule has 0 aromatic carbocycles. The summed E-state index contributed by atoms with van der Waals surface area (Å²) in [5, 5.41) is 13.0. The van der Waals surface area contributed by atoms with Crippen molar-refractivity contribution in [3.63, 3.8) is 0 Å². The Balaban J connectivity index is 0.000000828. The highest BCUT2D eigenvalue weighted by molar-refractivity contribution is 5.51. The molecule has 1 fully saturated rings. The first-order valence-corrected chi connectivity index (χ1v) is 10.6. The van der Waals surface area contributed by atoms with Crippen LogP contribution in [-0.2, 0) is 0 Å². The Hall–Kier alpha value is -1.26. The van der Waals surface area contributed by atoms with Crippen molar-refractivity contribution in [3.05, 3.63) is 28.9 Å². The molecule has 0 amide bonds. The zero-order chi connectivity index (χ0) is 20.4. The second-order valence-corrected chi connectivity index (χ2v) is 8.73. The largest absolute Gasteiger partial charge is 0.395 e. The van der Waals surface area contributed by atoms with E-state index in [0.29, 0.717) is 0 Å². The van der Waals surface area contributed by atoms with Crippen LogP contribution in [0, 0.1) is 12.3 Å². The molecule has 0 spiro atoms. The van der Waals surface area contributed by atoms with Gasteiger partial charge in [-0.2, -0.15) is 0 Å². The summed E-state index contributed by atoms with van der Waals surface area (Å²) in [6, 6.07) is 0.370. The minimum Gasteiger partial charge on any atom is -0.395 e. The van der Waals surface area contributed by atoms with Crippen LogP contribution in [0.25, 0.3) is 6.08 Å². The van der Waals surface area contributed by atoms with Crippen LogP contribution in [0.4, 0.5) is 0 Å². The average molecular weight is 376 g/mol. The zero-order valence-electron chi connectivity index (χ0n) is 18.6. The molecule has 0 saturated carbocycles. The van der Waals surface area contributed by atoms with Gasteiger partial charge >= 0.3 is 0 Å². The highest BCUT2D eigenvalue weighted by Gasteiger charge is 2.22. The molecule has 154 valence electrons. The molecule has 2 heterocycles. The molecule has 1 aromatic rings. The van der Waals surface area contributed by atoms with E-state index in [4.69, 9.17) is 4.98 Å². The summed E-state index contributed by atoms with van der Waals surface area (Å²) in [4.78, 5) is 9.44. The average Bonchev–Trinajstić information content (AvgIpc) is 2.88. The number of hydrogen-bond donors (Lipinski definition) is 2. The number of hydrogen-bond acceptors (Lipinski definition) is 4. The van der Waals surface area contributed by atoms with Crippen LogP contribution in [0.2, 0.25) is 0 Å². The smallest absolute Gasteiger partial charge is 0.0842 e. The van der Waals surface area contributed by atoms with Gasteiger partial charge < -0.3 is 10.4 Å². The molecule has 27 heavy (non-hydrogen) atoms. The monoisotopic (exact) mass is 375 g/mol. The van der Waals surface area contributed by atoms with Gasteiger partial charge in [0.15, 0.2) is 0 Å². The SMILES string of the molecule is C/C(=C\c1ncc(C2CCCCC(CO)N2)nc1C)C(C)(C)C.CCCC. The number of aliphatic hydroxyl groups excluding tert-OH is 1. The molecule has 2 N–H and O–H groups in total. The van der Waals surface area contributed by atoms with Gasteiger partial charge in [-0.1, -0.05) is 65.9 Å². The van der Waals surface area contributed by atoms with Gasteiger partial charge in [-0.05, 0) is 38.2 Å². The van der Waals surface area contributed by atoms with Crippen molar-refractivity contribution in [2.75, 3.05) is 6.61 Å². The minimum absolute atomic E-state index is 0.143. The van der Waals surface area contributed by atoms with Crippen molar-refractivity contribution < 1.29 is 5.11 Å². The van der Waals surface area contributed by atoms with Crippen molar-refractivity contribution in [2.45, 2.75) is 99.1 Å². The molecular formula is C23H41N3O. The maximum atomic E-state index is 9.45. The predicted molar refractivity (Wildman–Crippen MR) is 116 cm³/mol. The Bertz CT molecular complexity index is 588. The van der Waals surface area contributed by atoms with Gasteiger partial charge in [0.2, 0.25) is 0 Å². The summed E-state index contributed by atoms with van der Waals surface area (Å²) >= 11 is 0. The van der Waals surface area contributed by atoms with Gasteiger partial charge in [-0.3, -0.25) is 9.97 Å². The highest BCUT2D eigenvalue weighted by Crippen LogP contribution is 2.27. The summed E-state index contributed by atoms with van der Waals surface area (Å²) in [5.41, 5.74) is 4.36. The molecule has 4 heteroatoms. The Morgan fingerprint density at radius 2 is 1.85 bits per heavy atom. The molecule has 4 nitrogen and oxygen atoms in total. The first kappa shape index (κ1) is 23.8. The summed E-state index contributed by atoms with van der Waals surface area (Å²) < 4.78 is 0. The lowest BCUT2D eigenvalue weighted by Crippen LogP contribution is -2.34. The molecule has 2 atom stereocenters. The minimum atomic E-state index is 0.143. The van der Waals surface area contributed by atoms with Crippen LogP contribution in [0.1, 0.15) is 103 Å². The molecule has 0 radical (unpaired) electrons. The van der Waals surface area contributed by atoms with Gasteiger partial charge in [0.25, 0.3) is 0 Å². The van der Waals surface area contributed by atoms with E-state index < -0.39 is 0 Å². The number of aromatic nitrogens is 2. The number of nitrogens with zero attached hydrogens (tertiary/aromatic N) is 2. The second kappa shape index (κ2) is 11.6. The van der Waals surface area contributed by atoms with Crippen molar-refractivity contribution in [1.29, 1.82) is 0 Å². The molecule has 0 bridgehead atoms. The quantitative estimate of drug-likeness (QED) is 0.718. The first-order valence-electron chi connectivity index (χ1n) is 10.6. The molecule has 2 unspecified atom stereocenters. The van der Waals surface area contributed by atoms with E-state index in [1.165, 1.54) is 24.8 Å². The van der Waals surface area contributed by atoms with E-state index in [2.05, 4.69) is 57.9 Å². The number of aryl methyl sites for hydroxylation is 1. The fourth-order valence-electron chi connectivity index (χ4n) is 2.81. The predicted octanol–water partition coefficient (Wildman–Crippen LogP) is 5.61. The van der Waals surface area contributed by atoms with Crippen LogP contribution in [0.15, 0.2) is 11.8 Å². The molecule has 1 aliphatic heterocycles. The standard InChI is InChI=1S/C19H31N3O.C4H10/c1-13(19(3,4)5)10-17-14(2)21-18(11-20-17)16-9-7-6-8-15(12-23)22-16;1-3-4-2/h10-11,15-16,22-23H,6-9,12H2,1-5H3;3-4H2,1-2H3/b13-10+;. The molecule has 2 rings (SSSR count). The topological polar surface area (TPSA) is 58.0 Å². The lowest BCUT2D eigenvalue weighted by molar-refractivity contribution is 0.229. The number of allylic oxidation sites excluding steroid dienone is 1. The van der Waals surface area contributed by atoms with E-state index in [-0.39, 0.29) is 24.1 Å². The number of unbranched alkanes of at least 4 members (excludes halogenated alkanes) is 1. The van der Waals surface area contributed by atoms with Crippen LogP contribution in [0.3, 0.4) is 0 Å². The van der Waals surface area contributed by atoms with E-state index in [1.807, 2.05) is 13.1 Å². The highest BCUT2D eigenvalue weighted by atomic mass is 16.3. The summed E-state index contributed by atoms with van der Waals surface area (Å²) in [5.74, 6) is 0. The van der Waals surface area contributed by atoms with Gasteiger partial charge in [0.05, 0.1) is 35.9 Å². The van der Waals surface area contributed by atoms with Crippen LogP contribution < -0.4 is 5.32 Å². The van der Waals surface area contributed by atoms with Gasteiger partial charge in [0, 0.05) is 6.04 Å². The Morgan fingerprint density at radius 3 is 2.37 bits per heavy atom. The van der Waals surface area contributed by atoms with Crippen LogP contribution in [-0.4, -0.2) is 27.7 Å².